The molecule has 3 rings (SSSR count). The van der Waals surface area contributed by atoms with E-state index in [-0.39, 0.29) is 0 Å². The zero-order valence-electron chi connectivity index (χ0n) is 11.7. The van der Waals surface area contributed by atoms with Gasteiger partial charge in [-0.3, -0.25) is 0 Å². The predicted molar refractivity (Wildman–Crippen MR) is 80.7 cm³/mol. The van der Waals surface area contributed by atoms with Gasteiger partial charge in [-0.05, 0) is 38.1 Å². The minimum atomic E-state index is 0.742. The fourth-order valence-corrected chi connectivity index (χ4v) is 2.30. The molecular formula is C16H17N3O. The van der Waals surface area contributed by atoms with E-state index in [9.17, 15) is 0 Å². The molecule has 2 aromatic carbocycles. The van der Waals surface area contributed by atoms with E-state index in [1.54, 1.807) is 0 Å². The lowest BCUT2D eigenvalue weighted by Crippen LogP contribution is -2.21. The summed E-state index contributed by atoms with van der Waals surface area (Å²) in [6.45, 7) is 6.22. The van der Waals surface area contributed by atoms with Crippen molar-refractivity contribution >= 4 is 17.1 Å². The zero-order valence-corrected chi connectivity index (χ0v) is 11.7. The highest BCUT2D eigenvalue weighted by Crippen LogP contribution is 2.42. The second kappa shape index (κ2) is 5.33. The molecule has 0 N–H and O–H groups in total. The molecule has 2 aromatic rings. The van der Waals surface area contributed by atoms with Crippen LogP contribution in [0.4, 0.5) is 17.1 Å². The minimum absolute atomic E-state index is 0.742. The van der Waals surface area contributed by atoms with E-state index < -0.39 is 0 Å². The third-order valence-corrected chi connectivity index (χ3v) is 3.42. The van der Waals surface area contributed by atoms with Crippen molar-refractivity contribution < 1.29 is 4.74 Å². The Labute approximate surface area is 118 Å². The molecule has 0 saturated heterocycles. The van der Waals surface area contributed by atoms with Gasteiger partial charge in [0, 0.05) is 24.8 Å². The number of ether oxygens (including phenoxy) is 1. The SMILES string of the molecule is CCN(CC)c1ccc2c(c1)Oc1ccccc1N=N2. The number of hydrogen-bond acceptors (Lipinski definition) is 4. The van der Waals surface area contributed by atoms with Crippen LogP contribution in [-0.4, -0.2) is 13.1 Å². The summed E-state index contributed by atoms with van der Waals surface area (Å²) in [5, 5.41) is 8.49. The van der Waals surface area contributed by atoms with Crippen molar-refractivity contribution in [2.24, 2.45) is 10.2 Å². The number of benzene rings is 2. The van der Waals surface area contributed by atoms with Crippen LogP contribution in [0.3, 0.4) is 0 Å². The standard InChI is InChI=1S/C16H17N3O/c1-3-19(4-2)12-9-10-14-16(11-12)20-15-8-6-5-7-13(15)17-18-14/h5-11H,3-4H2,1-2H3. The average Bonchev–Trinajstić information content (AvgIpc) is 2.67. The second-order valence-electron chi connectivity index (χ2n) is 4.59. The Balaban J connectivity index is 2.03. The number of rotatable bonds is 3. The van der Waals surface area contributed by atoms with Crippen LogP contribution < -0.4 is 9.64 Å². The summed E-state index contributed by atoms with van der Waals surface area (Å²) in [7, 11) is 0. The molecule has 102 valence electrons. The molecule has 0 bridgehead atoms. The van der Waals surface area contributed by atoms with Crippen LogP contribution in [-0.2, 0) is 0 Å². The molecule has 0 spiro atoms. The van der Waals surface area contributed by atoms with Gasteiger partial charge in [-0.15, -0.1) is 10.2 Å². The molecular weight excluding hydrogens is 250 g/mol. The Kier molecular flexibility index (Phi) is 3.37. The van der Waals surface area contributed by atoms with Gasteiger partial charge in [0.05, 0.1) is 0 Å². The first-order chi connectivity index (χ1) is 9.81. The molecule has 0 aliphatic carbocycles. The quantitative estimate of drug-likeness (QED) is 0.665. The molecule has 1 aliphatic heterocycles. The molecule has 0 fully saturated rings. The first kappa shape index (κ1) is 12.7. The third kappa shape index (κ3) is 2.25. The van der Waals surface area contributed by atoms with Crippen LogP contribution in [0.5, 0.6) is 11.5 Å². The lowest BCUT2D eigenvalue weighted by Gasteiger charge is -2.21. The van der Waals surface area contributed by atoms with Gasteiger partial charge >= 0.3 is 0 Å². The summed E-state index contributed by atoms with van der Waals surface area (Å²) in [6, 6.07) is 13.7. The largest absolute Gasteiger partial charge is 0.453 e. The second-order valence-corrected chi connectivity index (χ2v) is 4.59. The molecule has 20 heavy (non-hydrogen) atoms. The highest BCUT2D eigenvalue weighted by atomic mass is 16.5. The number of para-hydroxylation sites is 1. The molecule has 0 unspecified atom stereocenters. The van der Waals surface area contributed by atoms with Crippen LogP contribution in [0.1, 0.15) is 13.8 Å². The van der Waals surface area contributed by atoms with Gasteiger partial charge < -0.3 is 9.64 Å². The monoisotopic (exact) mass is 267 g/mol. The fourth-order valence-electron chi connectivity index (χ4n) is 2.30. The average molecular weight is 267 g/mol. The lowest BCUT2D eigenvalue weighted by molar-refractivity contribution is 0.488. The van der Waals surface area contributed by atoms with E-state index in [0.717, 1.165) is 41.7 Å². The van der Waals surface area contributed by atoms with Gasteiger partial charge in [0.15, 0.2) is 11.5 Å². The van der Waals surface area contributed by atoms with Crippen LogP contribution in [0.25, 0.3) is 0 Å². The van der Waals surface area contributed by atoms with Crippen molar-refractivity contribution in [2.75, 3.05) is 18.0 Å². The Bertz CT molecular complexity index is 648. The van der Waals surface area contributed by atoms with Crippen molar-refractivity contribution in [3.05, 3.63) is 42.5 Å². The molecule has 0 radical (unpaired) electrons. The van der Waals surface area contributed by atoms with Crippen molar-refractivity contribution in [1.29, 1.82) is 0 Å². The fraction of sp³-hybridized carbons (Fsp3) is 0.250. The van der Waals surface area contributed by atoms with Gasteiger partial charge in [0.25, 0.3) is 0 Å². The van der Waals surface area contributed by atoms with Crippen LogP contribution in [0.15, 0.2) is 52.7 Å². The summed E-state index contributed by atoms with van der Waals surface area (Å²) in [4.78, 5) is 2.28. The van der Waals surface area contributed by atoms with Crippen molar-refractivity contribution in [3.8, 4) is 11.5 Å². The van der Waals surface area contributed by atoms with E-state index >= 15 is 0 Å². The topological polar surface area (TPSA) is 37.2 Å². The van der Waals surface area contributed by atoms with E-state index in [2.05, 4.69) is 35.0 Å². The number of hydrogen-bond donors (Lipinski definition) is 0. The van der Waals surface area contributed by atoms with Gasteiger partial charge in [0.2, 0.25) is 0 Å². The summed E-state index contributed by atoms with van der Waals surface area (Å²) >= 11 is 0. The maximum absolute atomic E-state index is 5.97. The maximum Gasteiger partial charge on any atom is 0.157 e. The Hall–Kier alpha value is -2.36. The van der Waals surface area contributed by atoms with Crippen molar-refractivity contribution in [3.63, 3.8) is 0 Å². The van der Waals surface area contributed by atoms with Crippen LogP contribution in [0, 0.1) is 0 Å². The number of azo groups is 1. The lowest BCUT2D eigenvalue weighted by atomic mass is 10.2. The predicted octanol–water partition coefficient (Wildman–Crippen LogP) is 5.05. The minimum Gasteiger partial charge on any atom is -0.453 e. The smallest absolute Gasteiger partial charge is 0.157 e. The number of nitrogens with zero attached hydrogens (tertiary/aromatic N) is 3. The molecule has 4 heteroatoms. The van der Waals surface area contributed by atoms with Crippen LogP contribution in [0.2, 0.25) is 0 Å². The summed E-state index contributed by atoms with van der Waals surface area (Å²) in [5.74, 6) is 1.50. The first-order valence-corrected chi connectivity index (χ1v) is 6.89. The normalized spacial score (nSPS) is 12.1. The summed E-state index contributed by atoms with van der Waals surface area (Å²) in [6.07, 6.45) is 0. The Morgan fingerprint density at radius 2 is 1.60 bits per heavy atom. The van der Waals surface area contributed by atoms with Gasteiger partial charge in [-0.25, -0.2) is 0 Å². The third-order valence-electron chi connectivity index (χ3n) is 3.42. The van der Waals surface area contributed by atoms with Crippen molar-refractivity contribution in [2.45, 2.75) is 13.8 Å². The Morgan fingerprint density at radius 1 is 0.900 bits per heavy atom. The Morgan fingerprint density at radius 3 is 2.35 bits per heavy atom. The highest BCUT2D eigenvalue weighted by molar-refractivity contribution is 5.65. The van der Waals surface area contributed by atoms with Crippen molar-refractivity contribution in [1.82, 2.24) is 0 Å². The molecule has 4 nitrogen and oxygen atoms in total. The maximum atomic E-state index is 5.97. The zero-order chi connectivity index (χ0) is 13.9. The molecule has 0 saturated carbocycles. The van der Waals surface area contributed by atoms with E-state index in [1.165, 1.54) is 0 Å². The van der Waals surface area contributed by atoms with Gasteiger partial charge in [-0.1, -0.05) is 12.1 Å². The van der Waals surface area contributed by atoms with E-state index in [1.807, 2.05) is 36.4 Å². The summed E-state index contributed by atoms with van der Waals surface area (Å²) in [5.41, 5.74) is 2.66. The number of anilines is 1. The molecule has 0 atom stereocenters. The summed E-state index contributed by atoms with van der Waals surface area (Å²) < 4.78 is 5.97. The van der Waals surface area contributed by atoms with Gasteiger partial charge in [-0.2, -0.15) is 0 Å². The van der Waals surface area contributed by atoms with E-state index in [4.69, 9.17) is 4.74 Å². The molecule has 0 aromatic heterocycles. The van der Waals surface area contributed by atoms with Gasteiger partial charge in [0.1, 0.15) is 11.4 Å². The number of fused-ring (bicyclic) bond motifs is 2. The highest BCUT2D eigenvalue weighted by Gasteiger charge is 2.14. The molecule has 0 amide bonds. The van der Waals surface area contributed by atoms with Crippen LogP contribution >= 0.6 is 0 Å². The van der Waals surface area contributed by atoms with E-state index in [0.29, 0.717) is 0 Å². The molecule has 1 aliphatic rings. The molecule has 1 heterocycles. The first-order valence-electron chi connectivity index (χ1n) is 6.89.